The number of rotatable bonds is 3. The maximum Gasteiger partial charge on any atom is 0.0994 e. The summed E-state index contributed by atoms with van der Waals surface area (Å²) in [4.78, 5) is 4.30. The smallest absolute Gasteiger partial charge is 0.0994 e. The van der Waals surface area contributed by atoms with E-state index in [1.54, 1.807) is 0 Å². The van der Waals surface area contributed by atoms with E-state index in [1.807, 2.05) is 12.3 Å². The first-order valence-electron chi connectivity index (χ1n) is 5.17. The van der Waals surface area contributed by atoms with Crippen LogP contribution < -0.4 is 0 Å². The van der Waals surface area contributed by atoms with Gasteiger partial charge in [-0.3, -0.25) is 4.98 Å². The molecule has 1 aliphatic rings. The molecule has 1 heterocycles. The molecule has 1 aromatic rings. The molecule has 72 valence electrons. The zero-order valence-corrected chi connectivity index (χ0v) is 8.45. The molecule has 0 aromatic carbocycles. The predicted octanol–water partition coefficient (Wildman–Crippen LogP) is 2.59. The van der Waals surface area contributed by atoms with Gasteiger partial charge >= 0.3 is 0 Å². The molecule has 2 rings (SSSR count). The summed E-state index contributed by atoms with van der Waals surface area (Å²) in [7, 11) is 0. The summed E-state index contributed by atoms with van der Waals surface area (Å²) in [5.74, 6) is 0. The van der Waals surface area contributed by atoms with Crippen LogP contribution in [0.5, 0.6) is 0 Å². The lowest BCUT2D eigenvalue weighted by atomic mass is 10.0. The fraction of sp³-hybridized carbons (Fsp3) is 0.500. The molecule has 0 saturated heterocycles. The summed E-state index contributed by atoms with van der Waals surface area (Å²) < 4.78 is 0. The van der Waals surface area contributed by atoms with Crippen LogP contribution in [0.2, 0.25) is 0 Å². The van der Waals surface area contributed by atoms with E-state index in [9.17, 15) is 0 Å². The van der Waals surface area contributed by atoms with Crippen molar-refractivity contribution in [3.63, 3.8) is 0 Å². The van der Waals surface area contributed by atoms with Gasteiger partial charge in [0.2, 0.25) is 0 Å². The molecule has 1 saturated carbocycles. The molecule has 1 aliphatic carbocycles. The zero-order valence-electron chi connectivity index (χ0n) is 8.45. The first-order valence-corrected chi connectivity index (χ1v) is 5.17. The lowest BCUT2D eigenvalue weighted by Gasteiger charge is -2.06. The van der Waals surface area contributed by atoms with Crippen LogP contribution in [-0.4, -0.2) is 4.98 Å². The number of aryl methyl sites for hydroxylation is 1. The fourth-order valence-electron chi connectivity index (χ4n) is 1.73. The van der Waals surface area contributed by atoms with Gasteiger partial charge in [0.15, 0.2) is 0 Å². The van der Waals surface area contributed by atoms with E-state index in [0.717, 1.165) is 31.4 Å². The van der Waals surface area contributed by atoms with Crippen molar-refractivity contribution in [2.75, 3.05) is 0 Å². The van der Waals surface area contributed by atoms with Crippen molar-refractivity contribution in [2.24, 2.45) is 0 Å². The van der Waals surface area contributed by atoms with E-state index in [-0.39, 0.29) is 5.41 Å². The lowest BCUT2D eigenvalue weighted by Crippen LogP contribution is -2.05. The molecule has 0 atom stereocenters. The van der Waals surface area contributed by atoms with E-state index in [2.05, 4.69) is 24.0 Å². The molecule has 0 radical (unpaired) electrons. The van der Waals surface area contributed by atoms with Crippen molar-refractivity contribution in [3.8, 4) is 6.07 Å². The van der Waals surface area contributed by atoms with Crippen molar-refractivity contribution in [1.82, 2.24) is 4.98 Å². The van der Waals surface area contributed by atoms with Crippen molar-refractivity contribution < 1.29 is 0 Å². The highest BCUT2D eigenvalue weighted by molar-refractivity contribution is 5.35. The van der Waals surface area contributed by atoms with E-state index >= 15 is 0 Å². The summed E-state index contributed by atoms with van der Waals surface area (Å²) >= 11 is 0. The number of pyridine rings is 1. The van der Waals surface area contributed by atoms with Crippen LogP contribution in [0.1, 0.15) is 37.4 Å². The maximum atomic E-state index is 9.04. The van der Waals surface area contributed by atoms with Crippen molar-refractivity contribution in [3.05, 3.63) is 29.6 Å². The van der Waals surface area contributed by atoms with Crippen LogP contribution in [0.25, 0.3) is 0 Å². The fourth-order valence-corrected chi connectivity index (χ4v) is 1.73. The second-order valence-corrected chi connectivity index (χ2v) is 3.99. The number of hydrogen-bond donors (Lipinski definition) is 0. The Morgan fingerprint density at radius 2 is 2.36 bits per heavy atom. The molecule has 0 bridgehead atoms. The predicted molar refractivity (Wildman–Crippen MR) is 54.8 cm³/mol. The normalized spacial score (nSPS) is 17.4. The summed E-state index contributed by atoms with van der Waals surface area (Å²) in [5, 5.41) is 9.04. The van der Waals surface area contributed by atoms with E-state index < -0.39 is 0 Å². The van der Waals surface area contributed by atoms with Crippen molar-refractivity contribution in [2.45, 2.75) is 38.0 Å². The minimum atomic E-state index is -0.232. The van der Waals surface area contributed by atoms with Crippen molar-refractivity contribution >= 4 is 0 Å². The van der Waals surface area contributed by atoms with Gasteiger partial charge < -0.3 is 0 Å². The van der Waals surface area contributed by atoms with Gasteiger partial charge in [-0.25, -0.2) is 0 Å². The number of nitrogens with zero attached hydrogens (tertiary/aromatic N) is 2. The monoisotopic (exact) mass is 186 g/mol. The van der Waals surface area contributed by atoms with Gasteiger partial charge in [0, 0.05) is 6.20 Å². The Hall–Kier alpha value is -1.36. The third-order valence-corrected chi connectivity index (χ3v) is 2.82. The molecule has 0 unspecified atom stereocenters. The van der Waals surface area contributed by atoms with Gasteiger partial charge in [-0.05, 0) is 37.0 Å². The number of hydrogen-bond acceptors (Lipinski definition) is 2. The van der Waals surface area contributed by atoms with Crippen LogP contribution in [0.3, 0.4) is 0 Å². The van der Waals surface area contributed by atoms with Crippen LogP contribution in [0.15, 0.2) is 18.3 Å². The molecule has 0 N–H and O–H groups in total. The highest BCUT2D eigenvalue weighted by Gasteiger charge is 2.46. The molecule has 0 spiro atoms. The lowest BCUT2D eigenvalue weighted by molar-refractivity contribution is 0.837. The van der Waals surface area contributed by atoms with Gasteiger partial charge in [-0.1, -0.05) is 13.3 Å². The summed E-state index contributed by atoms with van der Waals surface area (Å²) in [6.07, 6.45) is 6.01. The maximum absolute atomic E-state index is 9.04. The number of nitriles is 1. The Kier molecular flexibility index (Phi) is 2.25. The van der Waals surface area contributed by atoms with Gasteiger partial charge in [0.1, 0.15) is 0 Å². The Morgan fingerprint density at radius 1 is 1.57 bits per heavy atom. The average molecular weight is 186 g/mol. The van der Waals surface area contributed by atoms with Gasteiger partial charge in [-0.15, -0.1) is 0 Å². The number of aromatic nitrogens is 1. The molecular weight excluding hydrogens is 172 g/mol. The first kappa shape index (κ1) is 9.21. The average Bonchev–Trinajstić information content (AvgIpc) is 2.99. The Morgan fingerprint density at radius 3 is 2.93 bits per heavy atom. The molecule has 0 aliphatic heterocycles. The topological polar surface area (TPSA) is 36.7 Å². The second kappa shape index (κ2) is 3.42. The molecule has 2 nitrogen and oxygen atoms in total. The minimum absolute atomic E-state index is 0.232. The molecule has 0 amide bonds. The highest BCUT2D eigenvalue weighted by Crippen LogP contribution is 2.46. The molecular formula is C12H14N2. The Bertz CT molecular complexity index is 372. The quantitative estimate of drug-likeness (QED) is 0.727. The van der Waals surface area contributed by atoms with Crippen molar-refractivity contribution in [1.29, 1.82) is 5.26 Å². The molecule has 1 aromatic heterocycles. The Labute approximate surface area is 84.6 Å². The second-order valence-electron chi connectivity index (χ2n) is 3.99. The molecule has 14 heavy (non-hydrogen) atoms. The van der Waals surface area contributed by atoms with Gasteiger partial charge in [0.05, 0.1) is 17.2 Å². The first-order chi connectivity index (χ1) is 6.80. The van der Waals surface area contributed by atoms with Crippen LogP contribution >= 0.6 is 0 Å². The largest absolute Gasteiger partial charge is 0.260 e. The standard InChI is InChI=1S/C12H14N2/c1-2-3-10-4-7-14-11(8-10)12(9-13)5-6-12/h4,7-8H,2-3,5-6H2,1H3. The van der Waals surface area contributed by atoms with E-state index in [0.29, 0.717) is 0 Å². The molecule has 2 heteroatoms. The van der Waals surface area contributed by atoms with Gasteiger partial charge in [0.25, 0.3) is 0 Å². The Balaban J connectivity index is 2.27. The third-order valence-electron chi connectivity index (χ3n) is 2.82. The van der Waals surface area contributed by atoms with E-state index in [4.69, 9.17) is 5.26 Å². The highest BCUT2D eigenvalue weighted by atomic mass is 14.7. The molecule has 1 fully saturated rings. The van der Waals surface area contributed by atoms with Gasteiger partial charge in [-0.2, -0.15) is 5.26 Å². The summed E-state index contributed by atoms with van der Waals surface area (Å²) in [6.45, 7) is 2.16. The minimum Gasteiger partial charge on any atom is -0.260 e. The van der Waals surface area contributed by atoms with Crippen LogP contribution in [0, 0.1) is 11.3 Å². The summed E-state index contributed by atoms with van der Waals surface area (Å²) in [5.41, 5.74) is 2.05. The SMILES string of the molecule is CCCc1ccnc(C2(C#N)CC2)c1. The summed E-state index contributed by atoms with van der Waals surface area (Å²) in [6, 6.07) is 6.51. The van der Waals surface area contributed by atoms with Crippen LogP contribution in [-0.2, 0) is 11.8 Å². The van der Waals surface area contributed by atoms with E-state index in [1.165, 1.54) is 5.56 Å². The van der Waals surface area contributed by atoms with Crippen LogP contribution in [0.4, 0.5) is 0 Å². The third kappa shape index (κ3) is 1.50. The zero-order chi connectivity index (χ0) is 10.0.